The monoisotopic (exact) mass is 288 g/mol. The van der Waals surface area contributed by atoms with Gasteiger partial charge in [-0.15, -0.1) is 0 Å². The minimum absolute atomic E-state index is 0.299. The molecule has 2 rings (SSSR count). The molecule has 0 spiro atoms. The first-order valence-corrected chi connectivity index (χ1v) is 8.25. The van der Waals surface area contributed by atoms with Gasteiger partial charge in [0, 0.05) is 18.1 Å². The molecule has 1 N–H and O–H groups in total. The summed E-state index contributed by atoms with van der Waals surface area (Å²) >= 11 is 0. The van der Waals surface area contributed by atoms with Crippen LogP contribution in [0.25, 0.3) is 0 Å². The van der Waals surface area contributed by atoms with Crippen molar-refractivity contribution in [3.63, 3.8) is 0 Å². The average Bonchev–Trinajstić information content (AvgIpc) is 2.44. The van der Waals surface area contributed by atoms with Crippen molar-refractivity contribution < 1.29 is 0 Å². The van der Waals surface area contributed by atoms with Crippen LogP contribution in [0.4, 0.5) is 0 Å². The minimum Gasteiger partial charge on any atom is -0.312 e. The Balaban J connectivity index is 2.33. The Kier molecular flexibility index (Phi) is 4.79. The molecule has 2 heteroatoms. The lowest BCUT2D eigenvalue weighted by Gasteiger charge is -2.47. The lowest BCUT2D eigenvalue weighted by atomic mass is 9.76. The summed E-state index contributed by atoms with van der Waals surface area (Å²) in [5.41, 5.74) is 3.30. The van der Waals surface area contributed by atoms with Gasteiger partial charge in [0.15, 0.2) is 0 Å². The maximum atomic E-state index is 3.58. The highest BCUT2D eigenvalue weighted by molar-refractivity contribution is 5.36. The third-order valence-electron chi connectivity index (χ3n) is 5.54. The fourth-order valence-electron chi connectivity index (χ4n) is 3.72. The minimum atomic E-state index is 0.299. The van der Waals surface area contributed by atoms with Crippen molar-refractivity contribution >= 4 is 0 Å². The number of fused-ring (bicyclic) bond motifs is 1. The van der Waals surface area contributed by atoms with Crippen LogP contribution in [0.1, 0.15) is 64.1 Å². The van der Waals surface area contributed by atoms with E-state index >= 15 is 0 Å². The van der Waals surface area contributed by atoms with Crippen molar-refractivity contribution in [3.8, 4) is 0 Å². The maximum Gasteiger partial charge on any atom is 0.0478 e. The molecule has 0 heterocycles. The van der Waals surface area contributed by atoms with Crippen LogP contribution >= 0.6 is 0 Å². The van der Waals surface area contributed by atoms with Crippen molar-refractivity contribution in [2.75, 3.05) is 14.1 Å². The van der Waals surface area contributed by atoms with E-state index in [0.717, 1.165) is 0 Å². The topological polar surface area (TPSA) is 15.3 Å². The number of rotatable bonds is 3. The summed E-state index contributed by atoms with van der Waals surface area (Å²) in [5.74, 6) is 0.630. The summed E-state index contributed by atoms with van der Waals surface area (Å²) in [6, 6.07) is 10.5. The van der Waals surface area contributed by atoms with E-state index in [4.69, 9.17) is 0 Å². The van der Waals surface area contributed by atoms with E-state index in [1.165, 1.54) is 17.5 Å². The highest BCUT2D eigenvalue weighted by atomic mass is 15.2. The second kappa shape index (κ2) is 6.10. The Bertz CT molecular complexity index is 475. The molecule has 0 aliphatic heterocycles. The largest absolute Gasteiger partial charge is 0.312 e. The van der Waals surface area contributed by atoms with Crippen molar-refractivity contribution in [3.05, 3.63) is 35.4 Å². The van der Waals surface area contributed by atoms with Crippen LogP contribution in [-0.4, -0.2) is 31.1 Å². The lowest BCUT2D eigenvalue weighted by Crippen LogP contribution is -2.52. The Hall–Kier alpha value is -0.860. The maximum absolute atomic E-state index is 3.58. The van der Waals surface area contributed by atoms with Crippen LogP contribution in [0.3, 0.4) is 0 Å². The molecule has 1 aromatic carbocycles. The van der Waals surface area contributed by atoms with Gasteiger partial charge in [0.05, 0.1) is 0 Å². The van der Waals surface area contributed by atoms with E-state index in [1.54, 1.807) is 0 Å². The van der Waals surface area contributed by atoms with E-state index in [0.29, 0.717) is 29.5 Å². The van der Waals surface area contributed by atoms with Gasteiger partial charge in [-0.25, -0.2) is 0 Å². The Morgan fingerprint density at radius 1 is 1.19 bits per heavy atom. The first-order valence-electron chi connectivity index (χ1n) is 8.25. The molecule has 4 unspecified atom stereocenters. The molecule has 1 aliphatic rings. The second-order valence-corrected chi connectivity index (χ2v) is 7.81. The van der Waals surface area contributed by atoms with Gasteiger partial charge in [0.25, 0.3) is 0 Å². The Morgan fingerprint density at radius 2 is 1.76 bits per heavy atom. The molecular formula is C19H32N2. The van der Waals surface area contributed by atoms with Crippen molar-refractivity contribution in [2.24, 2.45) is 5.41 Å². The molecule has 0 bridgehead atoms. The number of hydrogen-bond acceptors (Lipinski definition) is 2. The smallest absolute Gasteiger partial charge is 0.0478 e. The summed E-state index contributed by atoms with van der Waals surface area (Å²) in [6.07, 6.45) is 1.22. The van der Waals surface area contributed by atoms with E-state index in [-0.39, 0.29) is 0 Å². The van der Waals surface area contributed by atoms with Crippen LogP contribution in [0.2, 0.25) is 0 Å². The molecule has 0 radical (unpaired) electrons. The lowest BCUT2D eigenvalue weighted by molar-refractivity contribution is 0.0659. The third kappa shape index (κ3) is 3.17. The van der Waals surface area contributed by atoms with Gasteiger partial charge in [-0.2, -0.15) is 0 Å². The highest BCUT2D eigenvalue weighted by Gasteiger charge is 2.38. The van der Waals surface area contributed by atoms with E-state index < -0.39 is 0 Å². The van der Waals surface area contributed by atoms with Crippen molar-refractivity contribution in [1.29, 1.82) is 0 Å². The van der Waals surface area contributed by atoms with E-state index in [2.05, 4.69) is 83.2 Å². The van der Waals surface area contributed by atoms with Gasteiger partial charge in [-0.1, -0.05) is 52.0 Å². The highest BCUT2D eigenvalue weighted by Crippen LogP contribution is 2.40. The summed E-state index contributed by atoms with van der Waals surface area (Å²) in [7, 11) is 4.39. The number of likely N-dealkylation sites (N-methyl/N-ethyl adjacent to an activating group) is 2. The molecular weight excluding hydrogens is 256 g/mol. The van der Waals surface area contributed by atoms with Crippen LogP contribution in [0.5, 0.6) is 0 Å². The zero-order chi connectivity index (χ0) is 15.8. The Morgan fingerprint density at radius 3 is 2.29 bits per heavy atom. The molecule has 2 nitrogen and oxygen atoms in total. The second-order valence-electron chi connectivity index (χ2n) is 7.81. The van der Waals surface area contributed by atoms with Gasteiger partial charge in [0.1, 0.15) is 0 Å². The number of nitrogens with one attached hydrogen (secondary N) is 1. The normalized spacial score (nSPS) is 27.5. The summed E-state index contributed by atoms with van der Waals surface area (Å²) < 4.78 is 0. The molecule has 0 saturated carbocycles. The van der Waals surface area contributed by atoms with E-state index in [1.807, 2.05) is 0 Å². The predicted octanol–water partition coefficient (Wildman–Crippen LogP) is 4.19. The molecule has 0 aromatic heterocycles. The van der Waals surface area contributed by atoms with Gasteiger partial charge < -0.3 is 5.32 Å². The predicted molar refractivity (Wildman–Crippen MR) is 91.7 cm³/mol. The number of nitrogens with zero attached hydrogens (tertiary/aromatic N) is 1. The first-order chi connectivity index (χ1) is 9.77. The molecule has 4 atom stereocenters. The van der Waals surface area contributed by atoms with Crippen LogP contribution in [-0.2, 0) is 0 Å². The number of benzene rings is 1. The van der Waals surface area contributed by atoms with Gasteiger partial charge >= 0.3 is 0 Å². The molecule has 0 fully saturated rings. The zero-order valence-corrected chi connectivity index (χ0v) is 14.8. The quantitative estimate of drug-likeness (QED) is 0.897. The van der Waals surface area contributed by atoms with Gasteiger partial charge in [0.2, 0.25) is 0 Å². The molecule has 118 valence electrons. The Labute approximate surface area is 130 Å². The molecule has 1 aromatic rings. The summed E-state index contributed by atoms with van der Waals surface area (Å²) in [6.45, 7) is 11.7. The van der Waals surface area contributed by atoms with Crippen LogP contribution in [0, 0.1) is 5.41 Å². The zero-order valence-electron chi connectivity index (χ0n) is 14.8. The standard InChI is InChI=1S/C19H32N2/c1-13-12-17(21(7)14(2)19(3,4)5)18(20-6)16-11-9-8-10-15(13)16/h8-11,13-14,17-18,20H,12H2,1-7H3. The molecule has 1 aliphatic carbocycles. The summed E-state index contributed by atoms with van der Waals surface area (Å²) in [5, 5.41) is 3.58. The van der Waals surface area contributed by atoms with Crippen LogP contribution in [0.15, 0.2) is 24.3 Å². The fourth-order valence-corrected chi connectivity index (χ4v) is 3.72. The summed E-state index contributed by atoms with van der Waals surface area (Å²) in [4.78, 5) is 2.59. The molecule has 0 saturated heterocycles. The van der Waals surface area contributed by atoms with Crippen molar-refractivity contribution in [2.45, 2.75) is 65.1 Å². The average molecular weight is 288 g/mol. The SMILES string of the molecule is CNC1c2ccccc2C(C)CC1N(C)C(C)C(C)(C)C. The van der Waals surface area contributed by atoms with Gasteiger partial charge in [-0.05, 0) is 49.9 Å². The van der Waals surface area contributed by atoms with Crippen LogP contribution < -0.4 is 5.32 Å². The fraction of sp³-hybridized carbons (Fsp3) is 0.684. The third-order valence-corrected chi connectivity index (χ3v) is 5.54. The van der Waals surface area contributed by atoms with Gasteiger partial charge in [-0.3, -0.25) is 4.90 Å². The van der Waals surface area contributed by atoms with Crippen molar-refractivity contribution in [1.82, 2.24) is 10.2 Å². The number of hydrogen-bond donors (Lipinski definition) is 1. The molecule has 21 heavy (non-hydrogen) atoms. The van der Waals surface area contributed by atoms with E-state index in [9.17, 15) is 0 Å². The first kappa shape index (κ1) is 16.5. The molecule has 0 amide bonds.